The Hall–Kier alpha value is -1.90. The number of methoxy groups -OCH3 is 1. The molecule has 112 valence electrons. The zero-order valence-electron chi connectivity index (χ0n) is 12.1. The highest BCUT2D eigenvalue weighted by atomic mass is 35.5. The van der Waals surface area contributed by atoms with E-state index in [0.29, 0.717) is 16.6 Å². The molecule has 1 N–H and O–H groups in total. The fourth-order valence-corrected chi connectivity index (χ4v) is 2.98. The quantitative estimate of drug-likeness (QED) is 0.655. The molecule has 0 aliphatic rings. The summed E-state index contributed by atoms with van der Waals surface area (Å²) < 4.78 is 5.50. The molecule has 0 radical (unpaired) electrons. The van der Waals surface area contributed by atoms with Crippen LogP contribution >= 0.6 is 23.2 Å². The van der Waals surface area contributed by atoms with E-state index in [1.54, 1.807) is 13.2 Å². The average Bonchev–Trinajstić information content (AvgIpc) is 2.53. The van der Waals surface area contributed by atoms with Crippen LogP contribution in [0.4, 0.5) is 5.69 Å². The van der Waals surface area contributed by atoms with E-state index in [-0.39, 0.29) is 0 Å². The lowest BCUT2D eigenvalue weighted by atomic mass is 10.0. The summed E-state index contributed by atoms with van der Waals surface area (Å²) in [5.41, 5.74) is 1.95. The normalized spacial score (nSPS) is 10.7. The van der Waals surface area contributed by atoms with Gasteiger partial charge in [0, 0.05) is 17.1 Å². The smallest absolute Gasteiger partial charge is 0.124 e. The third kappa shape index (κ3) is 2.99. The van der Waals surface area contributed by atoms with Gasteiger partial charge >= 0.3 is 0 Å². The van der Waals surface area contributed by atoms with Gasteiger partial charge in [0.05, 0.1) is 17.8 Å². The Morgan fingerprint density at radius 1 is 1.00 bits per heavy atom. The molecule has 3 rings (SSSR count). The Morgan fingerprint density at radius 2 is 1.82 bits per heavy atom. The topological polar surface area (TPSA) is 21.3 Å². The van der Waals surface area contributed by atoms with Crippen molar-refractivity contribution in [3.63, 3.8) is 0 Å². The van der Waals surface area contributed by atoms with Gasteiger partial charge < -0.3 is 10.1 Å². The zero-order valence-corrected chi connectivity index (χ0v) is 13.6. The Kier molecular flexibility index (Phi) is 4.41. The first-order valence-corrected chi connectivity index (χ1v) is 7.68. The van der Waals surface area contributed by atoms with Crippen LogP contribution in [0.25, 0.3) is 10.8 Å². The zero-order chi connectivity index (χ0) is 15.5. The number of anilines is 1. The SMILES string of the molecule is COc1ccc2ccccc2c1CNc1ccc(Cl)cc1Cl. The van der Waals surface area contributed by atoms with Gasteiger partial charge in [0.1, 0.15) is 5.75 Å². The first kappa shape index (κ1) is 15.0. The third-order valence-corrected chi connectivity index (χ3v) is 4.15. The van der Waals surface area contributed by atoms with Crippen LogP contribution in [-0.2, 0) is 6.54 Å². The second-order valence-electron chi connectivity index (χ2n) is 4.95. The number of halogens is 2. The molecule has 0 heterocycles. The van der Waals surface area contributed by atoms with E-state index in [9.17, 15) is 0 Å². The summed E-state index contributed by atoms with van der Waals surface area (Å²) in [5.74, 6) is 0.858. The van der Waals surface area contributed by atoms with Gasteiger partial charge in [0.25, 0.3) is 0 Å². The van der Waals surface area contributed by atoms with Crippen LogP contribution in [0, 0.1) is 0 Å². The Balaban J connectivity index is 1.95. The maximum absolute atomic E-state index is 6.21. The van der Waals surface area contributed by atoms with Gasteiger partial charge in [-0.15, -0.1) is 0 Å². The lowest BCUT2D eigenvalue weighted by Gasteiger charge is -2.14. The minimum atomic E-state index is 0.603. The fourth-order valence-electron chi connectivity index (χ4n) is 2.51. The monoisotopic (exact) mass is 331 g/mol. The molecule has 0 aliphatic carbocycles. The molecule has 0 saturated heterocycles. The van der Waals surface area contributed by atoms with Gasteiger partial charge in [-0.25, -0.2) is 0 Å². The molecule has 0 amide bonds. The molecule has 4 heteroatoms. The Labute approximate surface area is 139 Å². The van der Waals surface area contributed by atoms with Gasteiger partial charge in [-0.3, -0.25) is 0 Å². The molecule has 3 aromatic rings. The summed E-state index contributed by atoms with van der Waals surface area (Å²) in [4.78, 5) is 0. The Bertz CT molecular complexity index is 817. The first-order valence-electron chi connectivity index (χ1n) is 6.92. The van der Waals surface area contributed by atoms with Crippen LogP contribution in [0.3, 0.4) is 0 Å². The number of hydrogen-bond acceptors (Lipinski definition) is 2. The highest BCUT2D eigenvalue weighted by Gasteiger charge is 2.09. The fraction of sp³-hybridized carbons (Fsp3) is 0.111. The summed E-state index contributed by atoms with van der Waals surface area (Å²) >= 11 is 12.1. The number of fused-ring (bicyclic) bond motifs is 1. The molecule has 0 aromatic heterocycles. The van der Waals surface area contributed by atoms with E-state index in [0.717, 1.165) is 17.0 Å². The number of rotatable bonds is 4. The van der Waals surface area contributed by atoms with E-state index in [2.05, 4.69) is 23.5 Å². The maximum Gasteiger partial charge on any atom is 0.124 e. The number of nitrogens with one attached hydrogen (secondary N) is 1. The lowest BCUT2D eigenvalue weighted by molar-refractivity contribution is 0.411. The molecule has 22 heavy (non-hydrogen) atoms. The van der Waals surface area contributed by atoms with Gasteiger partial charge in [0.15, 0.2) is 0 Å². The van der Waals surface area contributed by atoms with Gasteiger partial charge in [-0.05, 0) is 35.0 Å². The van der Waals surface area contributed by atoms with Crippen LogP contribution in [0.2, 0.25) is 10.0 Å². The van der Waals surface area contributed by atoms with Crippen molar-refractivity contribution in [1.82, 2.24) is 0 Å². The van der Waals surface area contributed by atoms with Crippen molar-refractivity contribution in [3.8, 4) is 5.75 Å². The Morgan fingerprint density at radius 3 is 2.59 bits per heavy atom. The minimum Gasteiger partial charge on any atom is -0.496 e. The number of ether oxygens (including phenoxy) is 1. The molecule has 2 nitrogen and oxygen atoms in total. The number of benzene rings is 3. The largest absolute Gasteiger partial charge is 0.496 e. The van der Waals surface area contributed by atoms with E-state index in [1.165, 1.54) is 10.8 Å². The first-order chi connectivity index (χ1) is 10.7. The van der Waals surface area contributed by atoms with E-state index in [4.69, 9.17) is 27.9 Å². The van der Waals surface area contributed by atoms with E-state index in [1.807, 2.05) is 30.3 Å². The summed E-state index contributed by atoms with van der Waals surface area (Å²) in [6.07, 6.45) is 0. The van der Waals surface area contributed by atoms with Crippen molar-refractivity contribution in [2.45, 2.75) is 6.54 Å². The molecule has 0 aliphatic heterocycles. The van der Waals surface area contributed by atoms with Crippen LogP contribution in [0.1, 0.15) is 5.56 Å². The van der Waals surface area contributed by atoms with Gasteiger partial charge in [0.2, 0.25) is 0 Å². The van der Waals surface area contributed by atoms with Crippen molar-refractivity contribution in [2.75, 3.05) is 12.4 Å². The van der Waals surface area contributed by atoms with Crippen LogP contribution < -0.4 is 10.1 Å². The highest BCUT2D eigenvalue weighted by molar-refractivity contribution is 6.36. The molecule has 0 fully saturated rings. The van der Waals surface area contributed by atoms with Crippen LogP contribution in [0.15, 0.2) is 54.6 Å². The van der Waals surface area contributed by atoms with Crippen molar-refractivity contribution < 1.29 is 4.74 Å². The lowest BCUT2D eigenvalue weighted by Crippen LogP contribution is -2.03. The second-order valence-corrected chi connectivity index (χ2v) is 5.79. The molecular weight excluding hydrogens is 317 g/mol. The van der Waals surface area contributed by atoms with Gasteiger partial charge in [-0.2, -0.15) is 0 Å². The van der Waals surface area contributed by atoms with Crippen molar-refractivity contribution >= 4 is 39.7 Å². The molecular formula is C18H15Cl2NO. The van der Waals surface area contributed by atoms with Crippen LogP contribution in [-0.4, -0.2) is 7.11 Å². The molecule has 0 atom stereocenters. The summed E-state index contributed by atoms with van der Waals surface area (Å²) in [7, 11) is 1.68. The predicted octanol–water partition coefficient (Wildman–Crippen LogP) is 5.77. The van der Waals surface area contributed by atoms with Crippen LogP contribution in [0.5, 0.6) is 5.75 Å². The molecule has 3 aromatic carbocycles. The second kappa shape index (κ2) is 6.47. The third-order valence-electron chi connectivity index (χ3n) is 3.60. The highest BCUT2D eigenvalue weighted by Crippen LogP contribution is 2.30. The average molecular weight is 332 g/mol. The predicted molar refractivity (Wildman–Crippen MR) is 94.3 cm³/mol. The van der Waals surface area contributed by atoms with Crippen molar-refractivity contribution in [1.29, 1.82) is 0 Å². The maximum atomic E-state index is 6.21. The molecule has 0 spiro atoms. The van der Waals surface area contributed by atoms with E-state index < -0.39 is 0 Å². The molecule has 0 bridgehead atoms. The summed E-state index contributed by atoms with van der Waals surface area (Å²) in [6.45, 7) is 0.617. The van der Waals surface area contributed by atoms with Crippen molar-refractivity contribution in [2.24, 2.45) is 0 Å². The van der Waals surface area contributed by atoms with Crippen molar-refractivity contribution in [3.05, 3.63) is 70.2 Å². The molecule has 0 saturated carbocycles. The summed E-state index contributed by atoms with van der Waals surface area (Å²) in [5, 5.41) is 6.93. The standard InChI is InChI=1S/C18H15Cl2NO/c1-22-18-9-6-12-4-2-3-5-14(12)15(18)11-21-17-8-7-13(19)10-16(17)20/h2-10,21H,11H2,1H3. The number of hydrogen-bond donors (Lipinski definition) is 1. The minimum absolute atomic E-state index is 0.603. The van der Waals surface area contributed by atoms with Gasteiger partial charge in [-0.1, -0.05) is 53.5 Å². The molecule has 0 unspecified atom stereocenters. The van der Waals surface area contributed by atoms with E-state index >= 15 is 0 Å². The summed E-state index contributed by atoms with van der Waals surface area (Å²) in [6, 6.07) is 17.7.